The molecular weight excluding hydrogens is 168 g/mol. The van der Waals surface area contributed by atoms with Gasteiger partial charge in [-0.1, -0.05) is 25.6 Å². The van der Waals surface area contributed by atoms with Gasteiger partial charge in [-0.3, -0.25) is 0 Å². The Hall–Kier alpha value is -0.303. The molecule has 0 aromatic heterocycles. The average molecular weight is 186 g/mol. The average Bonchev–Trinajstić information content (AvgIpc) is 1.80. The van der Waals surface area contributed by atoms with Crippen LogP contribution in [0.25, 0.3) is 0 Å². The third-order valence-corrected chi connectivity index (χ3v) is 2.07. The molecule has 0 aliphatic heterocycles. The Kier molecular flexibility index (Phi) is 4.54. The molecule has 0 heterocycles. The molecule has 0 saturated carbocycles. The van der Waals surface area contributed by atoms with Crippen LogP contribution in [0.15, 0.2) is 0 Å². The minimum absolute atomic E-state index is 0.345. The van der Waals surface area contributed by atoms with Crippen molar-refractivity contribution in [2.75, 3.05) is 0 Å². The summed E-state index contributed by atoms with van der Waals surface area (Å²) in [5, 5.41) is 18.2. The number of hydrogen-bond acceptors (Lipinski definition) is 2. The summed E-state index contributed by atoms with van der Waals surface area (Å²) in [6, 6.07) is 0. The van der Waals surface area contributed by atoms with E-state index in [2.05, 4.69) is 31.1 Å². The van der Waals surface area contributed by atoms with Crippen molar-refractivity contribution in [2.45, 2.75) is 45.2 Å². The zero-order chi connectivity index (χ0) is 9.78. The first-order valence-corrected chi connectivity index (χ1v) is 7.70. The lowest BCUT2D eigenvalue weighted by atomic mass is 10.2. The molecule has 0 amide bonds. The Labute approximate surface area is 75.6 Å². The van der Waals surface area contributed by atoms with Crippen LogP contribution in [0.1, 0.15) is 13.3 Å². The topological polar surface area (TPSA) is 40.5 Å². The number of aliphatic hydroxyl groups excluding tert-OH is 2. The molecule has 0 saturated heterocycles. The van der Waals surface area contributed by atoms with Crippen molar-refractivity contribution in [1.29, 1.82) is 0 Å². The van der Waals surface area contributed by atoms with E-state index in [1.807, 2.05) is 0 Å². The maximum Gasteiger partial charge on any atom is 0.129 e. The molecule has 0 radical (unpaired) electrons. The van der Waals surface area contributed by atoms with Crippen molar-refractivity contribution < 1.29 is 10.2 Å². The fourth-order valence-electron chi connectivity index (χ4n) is 0.682. The van der Waals surface area contributed by atoms with Gasteiger partial charge >= 0.3 is 0 Å². The van der Waals surface area contributed by atoms with E-state index in [0.717, 1.165) is 0 Å². The summed E-state index contributed by atoms with van der Waals surface area (Å²) in [7, 11) is -1.37. The van der Waals surface area contributed by atoms with E-state index in [-0.39, 0.29) is 0 Å². The highest BCUT2D eigenvalue weighted by molar-refractivity contribution is 6.83. The lowest BCUT2D eigenvalue weighted by Crippen LogP contribution is -2.19. The zero-order valence-electron chi connectivity index (χ0n) is 8.26. The van der Waals surface area contributed by atoms with E-state index in [4.69, 9.17) is 5.11 Å². The number of rotatable bonds is 2. The molecule has 70 valence electrons. The van der Waals surface area contributed by atoms with Gasteiger partial charge in [0.1, 0.15) is 14.2 Å². The first-order chi connectivity index (χ1) is 5.31. The summed E-state index contributed by atoms with van der Waals surface area (Å²) in [5.41, 5.74) is 3.05. The molecule has 0 aliphatic carbocycles. The van der Waals surface area contributed by atoms with Crippen LogP contribution < -0.4 is 0 Å². The normalized spacial score (nSPS) is 16.2. The van der Waals surface area contributed by atoms with Gasteiger partial charge in [0.2, 0.25) is 0 Å². The van der Waals surface area contributed by atoms with Crippen molar-refractivity contribution in [2.24, 2.45) is 0 Å². The Bertz CT molecular complexity index is 183. The first kappa shape index (κ1) is 11.7. The molecule has 0 aliphatic rings. The third-order valence-electron chi connectivity index (χ3n) is 1.18. The van der Waals surface area contributed by atoms with E-state index in [1.54, 1.807) is 6.92 Å². The first-order valence-electron chi connectivity index (χ1n) is 4.20. The van der Waals surface area contributed by atoms with Gasteiger partial charge in [-0.25, -0.2) is 0 Å². The van der Waals surface area contributed by atoms with Crippen LogP contribution in [-0.2, 0) is 0 Å². The molecule has 12 heavy (non-hydrogen) atoms. The maximum absolute atomic E-state index is 9.27. The van der Waals surface area contributed by atoms with Crippen LogP contribution in [0.3, 0.4) is 0 Å². The summed E-state index contributed by atoms with van der Waals surface area (Å²) >= 11 is 0. The molecule has 2 nitrogen and oxygen atoms in total. The van der Waals surface area contributed by atoms with Crippen molar-refractivity contribution in [3.63, 3.8) is 0 Å². The van der Waals surface area contributed by atoms with Gasteiger partial charge in [0, 0.05) is 6.42 Å². The lowest BCUT2D eigenvalue weighted by Gasteiger charge is -2.07. The van der Waals surface area contributed by atoms with Crippen LogP contribution in [-0.4, -0.2) is 30.5 Å². The van der Waals surface area contributed by atoms with Crippen molar-refractivity contribution in [3.05, 3.63) is 0 Å². The fraction of sp³-hybridized carbons (Fsp3) is 0.778. The molecule has 2 atom stereocenters. The lowest BCUT2D eigenvalue weighted by molar-refractivity contribution is 0.121. The van der Waals surface area contributed by atoms with E-state index in [1.165, 1.54) is 0 Å². The van der Waals surface area contributed by atoms with Gasteiger partial charge < -0.3 is 10.2 Å². The summed E-state index contributed by atoms with van der Waals surface area (Å²) in [6.07, 6.45) is -0.801. The second-order valence-corrected chi connectivity index (χ2v) is 8.87. The number of aliphatic hydroxyl groups is 2. The maximum atomic E-state index is 9.27. The van der Waals surface area contributed by atoms with E-state index < -0.39 is 20.3 Å². The summed E-state index contributed by atoms with van der Waals surface area (Å²) in [4.78, 5) is 0. The highest BCUT2D eigenvalue weighted by Crippen LogP contribution is 1.99. The predicted molar refractivity (Wildman–Crippen MR) is 53.4 cm³/mol. The molecule has 0 rings (SSSR count). The van der Waals surface area contributed by atoms with Crippen LogP contribution in [0, 0.1) is 11.5 Å². The monoisotopic (exact) mass is 186 g/mol. The van der Waals surface area contributed by atoms with Gasteiger partial charge in [-0.2, -0.15) is 0 Å². The van der Waals surface area contributed by atoms with E-state index in [9.17, 15) is 5.11 Å². The van der Waals surface area contributed by atoms with Crippen molar-refractivity contribution in [1.82, 2.24) is 0 Å². The Morgan fingerprint density at radius 2 is 1.75 bits per heavy atom. The van der Waals surface area contributed by atoms with Gasteiger partial charge in [0.25, 0.3) is 0 Å². The second-order valence-electron chi connectivity index (χ2n) is 4.12. The Morgan fingerprint density at radius 1 is 1.25 bits per heavy atom. The van der Waals surface area contributed by atoms with Gasteiger partial charge in [0.05, 0.1) is 6.10 Å². The molecule has 1 unspecified atom stereocenters. The van der Waals surface area contributed by atoms with Crippen LogP contribution >= 0.6 is 0 Å². The summed E-state index contributed by atoms with van der Waals surface area (Å²) < 4.78 is 0. The molecule has 2 N–H and O–H groups in total. The van der Waals surface area contributed by atoms with Crippen LogP contribution in [0.2, 0.25) is 19.6 Å². The SMILES string of the molecule is C[C@@H](O)CC(O)C#C[Si](C)(C)C. The van der Waals surface area contributed by atoms with Crippen LogP contribution in [0.5, 0.6) is 0 Å². The molecule has 0 spiro atoms. The van der Waals surface area contributed by atoms with Crippen LogP contribution in [0.4, 0.5) is 0 Å². The Morgan fingerprint density at radius 3 is 2.08 bits per heavy atom. The minimum Gasteiger partial charge on any atom is -0.393 e. The Balaban J connectivity index is 3.96. The molecule has 0 fully saturated rings. The molecule has 0 aromatic rings. The van der Waals surface area contributed by atoms with E-state index >= 15 is 0 Å². The molecule has 0 aromatic carbocycles. The molecule has 3 heteroatoms. The summed E-state index contributed by atoms with van der Waals surface area (Å²) in [5.74, 6) is 2.76. The van der Waals surface area contributed by atoms with E-state index in [0.29, 0.717) is 6.42 Å². The smallest absolute Gasteiger partial charge is 0.129 e. The fourth-order valence-corrected chi connectivity index (χ4v) is 1.28. The second kappa shape index (κ2) is 4.66. The summed E-state index contributed by atoms with van der Waals surface area (Å²) in [6.45, 7) is 8.01. The molecular formula is C9H18O2Si. The standard InChI is InChI=1S/C9H18O2Si/c1-8(10)7-9(11)5-6-12(2,3)4/h8-11H,7H2,1-4H3/t8-,9?/m1/s1. The van der Waals surface area contributed by atoms with Gasteiger partial charge in [-0.15, -0.1) is 5.54 Å². The quantitative estimate of drug-likeness (QED) is 0.499. The van der Waals surface area contributed by atoms with Gasteiger partial charge in [0.15, 0.2) is 0 Å². The zero-order valence-corrected chi connectivity index (χ0v) is 9.26. The van der Waals surface area contributed by atoms with Gasteiger partial charge in [-0.05, 0) is 6.92 Å². The minimum atomic E-state index is -1.37. The predicted octanol–water partition coefficient (Wildman–Crippen LogP) is 0.999. The largest absolute Gasteiger partial charge is 0.393 e. The highest BCUT2D eigenvalue weighted by atomic mass is 28.3. The van der Waals surface area contributed by atoms with Crippen molar-refractivity contribution >= 4 is 8.07 Å². The van der Waals surface area contributed by atoms with Crippen molar-refractivity contribution in [3.8, 4) is 11.5 Å². The highest BCUT2D eigenvalue weighted by Gasteiger charge is 2.09. The third kappa shape index (κ3) is 7.80. The molecule has 0 bridgehead atoms. The number of hydrogen-bond donors (Lipinski definition) is 2.